The zero-order valence-corrected chi connectivity index (χ0v) is 14.8. The third-order valence-corrected chi connectivity index (χ3v) is 4.36. The van der Waals surface area contributed by atoms with Gasteiger partial charge in [-0.05, 0) is 36.8 Å². The third kappa shape index (κ3) is 3.44. The summed E-state index contributed by atoms with van der Waals surface area (Å²) in [4.78, 5) is 14.3. The summed E-state index contributed by atoms with van der Waals surface area (Å²) in [6.45, 7) is 1.87. The summed E-state index contributed by atoms with van der Waals surface area (Å²) in [7, 11) is 3.24. The minimum Gasteiger partial charge on any atom is -0.496 e. The number of hydrogen-bond acceptors (Lipinski definition) is 4. The molecule has 2 aromatic carbocycles. The number of nitrogens with zero attached hydrogens (tertiary/aromatic N) is 2. The fraction of sp³-hybridized carbons (Fsp3) is 0.200. The molecule has 0 fully saturated rings. The topological polar surface area (TPSA) is 55.6 Å². The van der Waals surface area contributed by atoms with Crippen molar-refractivity contribution in [3.8, 4) is 17.1 Å². The summed E-state index contributed by atoms with van der Waals surface area (Å²) in [6, 6.07) is 14.8. The van der Waals surface area contributed by atoms with Crippen LogP contribution in [-0.4, -0.2) is 30.1 Å². The van der Waals surface area contributed by atoms with Crippen molar-refractivity contribution in [3.63, 3.8) is 0 Å². The predicted octanol–water partition coefficient (Wildman–Crippen LogP) is 4.32. The van der Waals surface area contributed by atoms with Crippen LogP contribution in [0.25, 0.3) is 11.3 Å². The van der Waals surface area contributed by atoms with Crippen LogP contribution in [-0.2, 0) is 0 Å². The molecule has 0 radical (unpaired) electrons. The number of methoxy groups -OCH3 is 1. The van der Waals surface area contributed by atoms with E-state index >= 15 is 0 Å². The number of aromatic nitrogens is 1. The fourth-order valence-corrected chi connectivity index (χ4v) is 2.67. The maximum Gasteiger partial charge on any atom is 0.276 e. The van der Waals surface area contributed by atoms with Crippen molar-refractivity contribution in [3.05, 3.63) is 71.7 Å². The highest BCUT2D eigenvalue weighted by atomic mass is 19.1. The molecule has 0 N–H and O–H groups in total. The highest BCUT2D eigenvalue weighted by Crippen LogP contribution is 2.30. The lowest BCUT2D eigenvalue weighted by atomic mass is 10.1. The Hall–Kier alpha value is -3.15. The number of rotatable bonds is 5. The number of benzene rings is 2. The molecule has 3 aromatic rings. The molecule has 0 aliphatic carbocycles. The average molecular weight is 354 g/mol. The van der Waals surface area contributed by atoms with Gasteiger partial charge in [-0.3, -0.25) is 4.79 Å². The van der Waals surface area contributed by atoms with Crippen LogP contribution in [0.1, 0.15) is 29.0 Å². The maximum absolute atomic E-state index is 13.1. The highest BCUT2D eigenvalue weighted by Gasteiger charge is 2.23. The van der Waals surface area contributed by atoms with Gasteiger partial charge in [0, 0.05) is 13.1 Å². The Bertz CT molecular complexity index is 905. The normalized spacial score (nSPS) is 11.8. The van der Waals surface area contributed by atoms with Crippen molar-refractivity contribution in [1.29, 1.82) is 0 Å². The van der Waals surface area contributed by atoms with E-state index in [4.69, 9.17) is 9.26 Å². The predicted molar refractivity (Wildman–Crippen MR) is 95.4 cm³/mol. The van der Waals surface area contributed by atoms with Crippen LogP contribution in [0.3, 0.4) is 0 Å². The van der Waals surface area contributed by atoms with Gasteiger partial charge in [-0.1, -0.05) is 29.4 Å². The van der Waals surface area contributed by atoms with Crippen molar-refractivity contribution >= 4 is 5.91 Å². The van der Waals surface area contributed by atoms with Crippen LogP contribution in [0.5, 0.6) is 5.75 Å². The summed E-state index contributed by atoms with van der Waals surface area (Å²) in [5.41, 5.74) is 1.74. The standard InChI is InChI=1S/C20H19FN2O3/c1-13(14-8-10-15(21)11-9-14)23(2)20(24)17-12-19(26-22-17)16-6-4-5-7-18(16)25-3/h4-13H,1-3H3/t13-/m0/s1. The van der Waals surface area contributed by atoms with Crippen molar-refractivity contribution in [2.45, 2.75) is 13.0 Å². The number of para-hydroxylation sites is 1. The molecule has 0 spiro atoms. The summed E-state index contributed by atoms with van der Waals surface area (Å²) >= 11 is 0. The van der Waals surface area contributed by atoms with E-state index in [1.54, 1.807) is 32.4 Å². The number of carbonyl (C=O) groups is 1. The van der Waals surface area contributed by atoms with Crippen LogP contribution < -0.4 is 4.74 Å². The second-order valence-corrected chi connectivity index (χ2v) is 5.92. The largest absolute Gasteiger partial charge is 0.496 e. The first-order valence-corrected chi connectivity index (χ1v) is 8.14. The van der Waals surface area contributed by atoms with E-state index in [0.29, 0.717) is 11.5 Å². The molecule has 26 heavy (non-hydrogen) atoms. The monoisotopic (exact) mass is 354 g/mol. The van der Waals surface area contributed by atoms with Crippen molar-refractivity contribution in [2.75, 3.05) is 14.2 Å². The molecule has 0 unspecified atom stereocenters. The van der Waals surface area contributed by atoms with E-state index in [-0.39, 0.29) is 23.5 Å². The zero-order chi connectivity index (χ0) is 18.7. The molecule has 1 heterocycles. The molecule has 1 atom stereocenters. The maximum atomic E-state index is 13.1. The quantitative estimate of drug-likeness (QED) is 0.685. The van der Waals surface area contributed by atoms with Crippen LogP contribution in [0.2, 0.25) is 0 Å². The second kappa shape index (κ2) is 7.39. The van der Waals surface area contributed by atoms with Gasteiger partial charge < -0.3 is 14.2 Å². The third-order valence-electron chi connectivity index (χ3n) is 4.36. The van der Waals surface area contributed by atoms with Gasteiger partial charge in [0.25, 0.3) is 5.91 Å². The molecule has 0 saturated carbocycles. The van der Waals surface area contributed by atoms with Gasteiger partial charge in [0.05, 0.1) is 18.7 Å². The zero-order valence-electron chi connectivity index (χ0n) is 14.8. The van der Waals surface area contributed by atoms with E-state index in [1.807, 2.05) is 31.2 Å². The Morgan fingerprint density at radius 3 is 2.58 bits per heavy atom. The molecule has 0 bridgehead atoms. The summed E-state index contributed by atoms with van der Waals surface area (Å²) < 4.78 is 23.7. The van der Waals surface area contributed by atoms with Crippen molar-refractivity contribution in [2.24, 2.45) is 0 Å². The van der Waals surface area contributed by atoms with Crippen LogP contribution in [0, 0.1) is 5.82 Å². The first kappa shape index (κ1) is 17.7. The molecular weight excluding hydrogens is 335 g/mol. The van der Waals surface area contributed by atoms with E-state index in [2.05, 4.69) is 5.16 Å². The number of halogens is 1. The Labute approximate surface area is 151 Å². The molecule has 5 nitrogen and oxygen atoms in total. The number of hydrogen-bond donors (Lipinski definition) is 0. The Morgan fingerprint density at radius 1 is 1.19 bits per heavy atom. The average Bonchev–Trinajstić information content (AvgIpc) is 3.16. The molecule has 6 heteroatoms. The van der Waals surface area contributed by atoms with E-state index in [0.717, 1.165) is 11.1 Å². The number of amides is 1. The van der Waals surface area contributed by atoms with Gasteiger partial charge in [-0.25, -0.2) is 4.39 Å². The summed E-state index contributed by atoms with van der Waals surface area (Å²) in [5, 5.41) is 3.90. The van der Waals surface area contributed by atoms with E-state index < -0.39 is 0 Å². The SMILES string of the molecule is COc1ccccc1-c1cc(C(=O)N(C)[C@@H](C)c2ccc(F)cc2)no1. The lowest BCUT2D eigenvalue weighted by molar-refractivity contribution is 0.0732. The first-order valence-electron chi connectivity index (χ1n) is 8.14. The molecule has 3 rings (SSSR count). The lowest BCUT2D eigenvalue weighted by Gasteiger charge is -2.24. The lowest BCUT2D eigenvalue weighted by Crippen LogP contribution is -2.29. The smallest absolute Gasteiger partial charge is 0.276 e. The molecule has 0 aliphatic rings. The number of ether oxygens (including phenoxy) is 1. The summed E-state index contributed by atoms with van der Waals surface area (Å²) in [5.74, 6) is 0.490. The number of carbonyl (C=O) groups excluding carboxylic acids is 1. The minimum absolute atomic E-state index is 0.197. The fourth-order valence-electron chi connectivity index (χ4n) is 2.67. The molecular formula is C20H19FN2O3. The van der Waals surface area contributed by atoms with Crippen LogP contribution in [0.4, 0.5) is 4.39 Å². The molecule has 1 aromatic heterocycles. The van der Waals surface area contributed by atoms with Gasteiger partial charge in [-0.2, -0.15) is 0 Å². The van der Waals surface area contributed by atoms with E-state index in [1.165, 1.54) is 17.0 Å². The Morgan fingerprint density at radius 2 is 1.88 bits per heavy atom. The molecule has 0 aliphatic heterocycles. The van der Waals surface area contributed by atoms with E-state index in [9.17, 15) is 9.18 Å². The Balaban J connectivity index is 1.82. The van der Waals surface area contributed by atoms with Crippen molar-refractivity contribution < 1.29 is 18.4 Å². The van der Waals surface area contributed by atoms with Gasteiger partial charge in [0.1, 0.15) is 11.6 Å². The Kier molecular flexibility index (Phi) is 5.02. The van der Waals surface area contributed by atoms with Gasteiger partial charge in [0.2, 0.25) is 0 Å². The minimum atomic E-state index is -0.312. The van der Waals surface area contributed by atoms with Gasteiger partial charge in [0.15, 0.2) is 11.5 Å². The van der Waals surface area contributed by atoms with Crippen molar-refractivity contribution in [1.82, 2.24) is 10.1 Å². The summed E-state index contributed by atoms with van der Waals surface area (Å²) in [6.07, 6.45) is 0. The first-order chi connectivity index (χ1) is 12.5. The molecule has 1 amide bonds. The molecule has 0 saturated heterocycles. The highest BCUT2D eigenvalue weighted by molar-refractivity contribution is 5.93. The van der Waals surface area contributed by atoms with Gasteiger partial charge in [-0.15, -0.1) is 0 Å². The van der Waals surface area contributed by atoms with Crippen LogP contribution in [0.15, 0.2) is 59.1 Å². The van der Waals surface area contributed by atoms with Gasteiger partial charge >= 0.3 is 0 Å². The second-order valence-electron chi connectivity index (χ2n) is 5.92. The molecule has 134 valence electrons. The van der Waals surface area contributed by atoms with Crippen LogP contribution >= 0.6 is 0 Å².